The molecule has 0 unspecified atom stereocenters. The highest BCUT2D eigenvalue weighted by Crippen LogP contribution is 2.42. The molecule has 0 saturated carbocycles. The Morgan fingerprint density at radius 1 is 1.11 bits per heavy atom. The van der Waals surface area contributed by atoms with Gasteiger partial charge in [-0.05, 0) is 42.3 Å². The number of hydrogen-bond donors (Lipinski definition) is 0. The van der Waals surface area contributed by atoms with Crippen molar-refractivity contribution in [1.29, 1.82) is 5.26 Å². The Hall–Kier alpha value is -3.29. The Morgan fingerprint density at radius 2 is 1.93 bits per heavy atom. The standard InChI is InChI=1S/C23H18N2OS/c1-16-20-15-18(26-2)12-14-25(20)23(22(16)17-7-4-3-5-8-17)21-11-10-19(27-21)9-6-13-24/h3-12,14-15H,1-2H3/b9-6-. The number of benzene rings is 1. The number of methoxy groups -OCH3 is 1. The first-order valence-corrected chi connectivity index (χ1v) is 9.45. The summed E-state index contributed by atoms with van der Waals surface area (Å²) in [6.45, 7) is 2.16. The second-order valence-corrected chi connectivity index (χ2v) is 7.32. The third-order valence-corrected chi connectivity index (χ3v) is 5.70. The molecule has 0 spiro atoms. The van der Waals surface area contributed by atoms with Crippen LogP contribution in [-0.2, 0) is 0 Å². The maximum atomic E-state index is 8.79. The van der Waals surface area contributed by atoms with Gasteiger partial charge in [-0.3, -0.25) is 0 Å². The smallest absolute Gasteiger partial charge is 0.122 e. The summed E-state index contributed by atoms with van der Waals surface area (Å²) >= 11 is 1.68. The number of nitriles is 1. The van der Waals surface area contributed by atoms with Crippen LogP contribution in [0.5, 0.6) is 5.75 Å². The first-order valence-electron chi connectivity index (χ1n) is 8.63. The second-order valence-electron chi connectivity index (χ2n) is 6.20. The number of fused-ring (bicyclic) bond motifs is 1. The van der Waals surface area contributed by atoms with E-state index in [0.717, 1.165) is 21.8 Å². The van der Waals surface area contributed by atoms with Crippen molar-refractivity contribution >= 4 is 22.9 Å². The molecule has 0 aliphatic heterocycles. The molecule has 0 bridgehead atoms. The summed E-state index contributed by atoms with van der Waals surface area (Å²) in [4.78, 5) is 2.23. The minimum atomic E-state index is 0.845. The minimum Gasteiger partial charge on any atom is -0.497 e. The van der Waals surface area contributed by atoms with E-state index in [0.29, 0.717) is 0 Å². The van der Waals surface area contributed by atoms with Gasteiger partial charge in [0.25, 0.3) is 0 Å². The van der Waals surface area contributed by atoms with E-state index < -0.39 is 0 Å². The zero-order chi connectivity index (χ0) is 18.8. The summed E-state index contributed by atoms with van der Waals surface area (Å²) in [6.07, 6.45) is 5.43. The van der Waals surface area contributed by atoms with Gasteiger partial charge in [0.2, 0.25) is 0 Å². The summed E-state index contributed by atoms with van der Waals surface area (Å²) < 4.78 is 7.66. The number of aryl methyl sites for hydroxylation is 1. The average Bonchev–Trinajstić information content (AvgIpc) is 3.29. The van der Waals surface area contributed by atoms with E-state index in [2.05, 4.69) is 66.1 Å². The number of thiophene rings is 1. The van der Waals surface area contributed by atoms with E-state index in [1.54, 1.807) is 18.4 Å². The fourth-order valence-corrected chi connectivity index (χ4v) is 4.37. The fraction of sp³-hybridized carbons (Fsp3) is 0.0870. The molecule has 4 rings (SSSR count). The van der Waals surface area contributed by atoms with Crippen LogP contribution in [0, 0.1) is 18.3 Å². The van der Waals surface area contributed by atoms with Gasteiger partial charge < -0.3 is 9.14 Å². The molecule has 0 aliphatic rings. The van der Waals surface area contributed by atoms with Crippen LogP contribution in [0.15, 0.2) is 66.9 Å². The van der Waals surface area contributed by atoms with Crippen LogP contribution in [0.1, 0.15) is 10.4 Å². The monoisotopic (exact) mass is 370 g/mol. The SMILES string of the molecule is COc1ccn2c(-c3ccc(/C=C\C#N)s3)c(-c3ccccc3)c(C)c2c1. The van der Waals surface area contributed by atoms with E-state index in [1.807, 2.05) is 18.2 Å². The maximum absolute atomic E-state index is 8.79. The van der Waals surface area contributed by atoms with Gasteiger partial charge >= 0.3 is 0 Å². The first-order chi connectivity index (χ1) is 13.2. The Morgan fingerprint density at radius 3 is 2.67 bits per heavy atom. The van der Waals surface area contributed by atoms with Gasteiger partial charge in [0.05, 0.1) is 29.3 Å². The number of nitrogens with zero attached hydrogens (tertiary/aromatic N) is 2. The molecule has 27 heavy (non-hydrogen) atoms. The summed E-state index contributed by atoms with van der Waals surface area (Å²) in [6, 6.07) is 20.8. The third-order valence-electron chi connectivity index (χ3n) is 4.64. The van der Waals surface area contributed by atoms with Gasteiger partial charge in [-0.25, -0.2) is 0 Å². The summed E-state index contributed by atoms with van der Waals surface area (Å²) in [7, 11) is 1.69. The number of ether oxygens (including phenoxy) is 1. The molecule has 3 heterocycles. The van der Waals surface area contributed by atoms with Crippen molar-refractivity contribution in [2.75, 3.05) is 7.11 Å². The van der Waals surface area contributed by atoms with Crippen LogP contribution >= 0.6 is 11.3 Å². The highest BCUT2D eigenvalue weighted by atomic mass is 32.1. The molecule has 0 fully saturated rings. The van der Waals surface area contributed by atoms with E-state index in [9.17, 15) is 0 Å². The normalized spacial score (nSPS) is 11.1. The van der Waals surface area contributed by atoms with E-state index in [4.69, 9.17) is 10.00 Å². The van der Waals surface area contributed by atoms with Crippen LogP contribution in [0.25, 0.3) is 33.3 Å². The second kappa shape index (κ2) is 7.14. The molecule has 132 valence electrons. The Labute approximate surface area is 162 Å². The molecule has 0 N–H and O–H groups in total. The number of aromatic nitrogens is 1. The molecule has 0 aliphatic carbocycles. The average molecular weight is 370 g/mol. The highest BCUT2D eigenvalue weighted by Gasteiger charge is 2.20. The summed E-state index contributed by atoms with van der Waals surface area (Å²) in [5, 5.41) is 8.79. The van der Waals surface area contributed by atoms with Crippen LogP contribution in [0.3, 0.4) is 0 Å². The number of allylic oxidation sites excluding steroid dienone is 1. The van der Waals surface area contributed by atoms with Crippen molar-refractivity contribution in [1.82, 2.24) is 4.40 Å². The number of pyridine rings is 1. The van der Waals surface area contributed by atoms with E-state index in [1.165, 1.54) is 27.6 Å². The summed E-state index contributed by atoms with van der Waals surface area (Å²) in [5.41, 5.74) is 5.93. The largest absolute Gasteiger partial charge is 0.497 e. The molecule has 0 atom stereocenters. The lowest BCUT2D eigenvalue weighted by atomic mass is 10.0. The van der Waals surface area contributed by atoms with Crippen molar-refractivity contribution in [3.05, 3.63) is 77.3 Å². The number of rotatable bonds is 4. The lowest BCUT2D eigenvalue weighted by molar-refractivity contribution is 0.414. The number of hydrogen-bond acceptors (Lipinski definition) is 3. The molecule has 4 heteroatoms. The van der Waals surface area contributed by atoms with Gasteiger partial charge in [0, 0.05) is 28.8 Å². The van der Waals surface area contributed by atoms with Crippen LogP contribution in [-0.4, -0.2) is 11.5 Å². The van der Waals surface area contributed by atoms with Gasteiger partial charge in [0.1, 0.15) is 5.75 Å². The molecule has 4 aromatic rings. The molecule has 3 nitrogen and oxygen atoms in total. The van der Waals surface area contributed by atoms with Crippen molar-refractivity contribution in [3.63, 3.8) is 0 Å². The van der Waals surface area contributed by atoms with Crippen LogP contribution in [0.2, 0.25) is 0 Å². The Balaban J connectivity index is 2.01. The van der Waals surface area contributed by atoms with E-state index in [-0.39, 0.29) is 0 Å². The van der Waals surface area contributed by atoms with Gasteiger partial charge in [-0.1, -0.05) is 30.3 Å². The van der Waals surface area contributed by atoms with Gasteiger partial charge in [-0.2, -0.15) is 5.26 Å². The highest BCUT2D eigenvalue weighted by molar-refractivity contribution is 7.16. The van der Waals surface area contributed by atoms with Crippen molar-refractivity contribution in [3.8, 4) is 33.5 Å². The first kappa shape index (κ1) is 17.1. The molecular weight excluding hydrogens is 352 g/mol. The zero-order valence-corrected chi connectivity index (χ0v) is 16.0. The Kier molecular flexibility index (Phi) is 4.53. The van der Waals surface area contributed by atoms with E-state index >= 15 is 0 Å². The molecule has 1 aromatic carbocycles. The predicted octanol–water partition coefficient (Wildman–Crippen LogP) is 6.19. The summed E-state index contributed by atoms with van der Waals surface area (Å²) in [5.74, 6) is 0.845. The van der Waals surface area contributed by atoms with Crippen molar-refractivity contribution in [2.24, 2.45) is 0 Å². The topological polar surface area (TPSA) is 37.4 Å². The van der Waals surface area contributed by atoms with Crippen LogP contribution in [0.4, 0.5) is 0 Å². The third kappa shape index (κ3) is 3.03. The predicted molar refractivity (Wildman–Crippen MR) is 112 cm³/mol. The fourth-order valence-electron chi connectivity index (χ4n) is 3.41. The Bertz CT molecular complexity index is 1180. The van der Waals surface area contributed by atoms with Crippen LogP contribution < -0.4 is 4.74 Å². The molecular formula is C23H18N2OS. The molecule has 0 saturated heterocycles. The molecule has 3 aromatic heterocycles. The minimum absolute atomic E-state index is 0.845. The zero-order valence-electron chi connectivity index (χ0n) is 15.1. The quantitative estimate of drug-likeness (QED) is 0.402. The maximum Gasteiger partial charge on any atom is 0.122 e. The lowest BCUT2D eigenvalue weighted by Crippen LogP contribution is -1.89. The van der Waals surface area contributed by atoms with Crippen molar-refractivity contribution < 1.29 is 4.74 Å². The van der Waals surface area contributed by atoms with Crippen molar-refractivity contribution in [2.45, 2.75) is 6.92 Å². The molecule has 0 radical (unpaired) electrons. The van der Waals surface area contributed by atoms with Gasteiger partial charge in [-0.15, -0.1) is 11.3 Å². The molecule has 0 amide bonds. The lowest BCUT2D eigenvalue weighted by Gasteiger charge is -2.06. The van der Waals surface area contributed by atoms with Gasteiger partial charge in [0.15, 0.2) is 0 Å².